The minimum atomic E-state index is 0.223. The molecule has 162 valence electrons. The number of hydrogen-bond acceptors (Lipinski definition) is 4. The average Bonchev–Trinajstić information content (AvgIpc) is 3.60. The van der Waals surface area contributed by atoms with E-state index in [9.17, 15) is 4.79 Å². The normalized spacial score (nSPS) is 22.6. The molecule has 0 radical (unpaired) electrons. The van der Waals surface area contributed by atoms with Gasteiger partial charge in [0.05, 0.1) is 6.61 Å². The summed E-state index contributed by atoms with van der Waals surface area (Å²) in [6.45, 7) is 5.78. The fourth-order valence-corrected chi connectivity index (χ4v) is 4.43. The number of carbonyl (C=O) groups is 1. The van der Waals surface area contributed by atoms with Crippen molar-refractivity contribution < 1.29 is 9.53 Å². The van der Waals surface area contributed by atoms with Crippen molar-refractivity contribution in [1.29, 1.82) is 0 Å². The van der Waals surface area contributed by atoms with Crippen LogP contribution in [0.15, 0.2) is 36.4 Å². The van der Waals surface area contributed by atoms with E-state index in [4.69, 9.17) is 4.74 Å². The van der Waals surface area contributed by atoms with E-state index in [0.29, 0.717) is 5.91 Å². The molecule has 1 amide bonds. The highest BCUT2D eigenvalue weighted by Gasteiger charge is 2.38. The number of nitrogens with one attached hydrogen (secondary N) is 1. The van der Waals surface area contributed by atoms with Gasteiger partial charge in [0.2, 0.25) is 5.91 Å². The molecular weight excluding hydrogens is 362 g/mol. The summed E-state index contributed by atoms with van der Waals surface area (Å²) in [4.78, 5) is 17.2. The Morgan fingerprint density at radius 2 is 1.52 bits per heavy atom. The lowest BCUT2D eigenvalue weighted by molar-refractivity contribution is -0.140. The van der Waals surface area contributed by atoms with Gasteiger partial charge in [0.1, 0.15) is 0 Å². The number of amides is 1. The molecule has 3 aliphatic rings. The molecule has 2 aliphatic heterocycles. The minimum Gasteiger partial charge on any atom is -0.384 e. The average molecular weight is 402 g/mol. The summed E-state index contributed by atoms with van der Waals surface area (Å²) in [7, 11) is 3.95. The maximum absolute atomic E-state index is 12.8. The molecule has 2 heterocycles. The Balaban J connectivity index is 0.000000343. The van der Waals surface area contributed by atoms with Crippen molar-refractivity contribution in [2.45, 2.75) is 44.6 Å². The molecule has 5 nitrogen and oxygen atoms in total. The van der Waals surface area contributed by atoms with E-state index in [1.54, 1.807) is 7.11 Å². The van der Waals surface area contributed by atoms with Gasteiger partial charge in [-0.2, -0.15) is 0 Å². The Kier molecular flexibility index (Phi) is 8.52. The molecule has 4 rings (SSSR count). The zero-order chi connectivity index (χ0) is 20.5. The van der Waals surface area contributed by atoms with E-state index in [-0.39, 0.29) is 11.3 Å². The third-order valence-electron chi connectivity index (χ3n) is 6.66. The van der Waals surface area contributed by atoms with Crippen molar-refractivity contribution in [1.82, 2.24) is 15.1 Å². The van der Waals surface area contributed by atoms with Crippen LogP contribution in [0, 0.1) is 11.3 Å². The number of carbonyl (C=O) groups excluding carboxylic acids is 1. The van der Waals surface area contributed by atoms with Crippen LogP contribution in [-0.4, -0.2) is 75.2 Å². The lowest BCUT2D eigenvalue weighted by atomic mass is 9.78. The fraction of sp³-hybridized carbons (Fsp3) is 0.708. The van der Waals surface area contributed by atoms with Crippen LogP contribution in [0.5, 0.6) is 0 Å². The predicted octanol–water partition coefficient (Wildman–Crippen LogP) is 3.02. The number of methoxy groups -OCH3 is 1. The molecule has 5 heteroatoms. The maximum atomic E-state index is 12.8. The molecular formula is C24H39N3O2. The first-order valence-corrected chi connectivity index (χ1v) is 11.3. The van der Waals surface area contributed by atoms with Crippen molar-refractivity contribution in [3.63, 3.8) is 0 Å². The first kappa shape index (κ1) is 22.3. The van der Waals surface area contributed by atoms with Crippen molar-refractivity contribution in [3.05, 3.63) is 36.4 Å². The van der Waals surface area contributed by atoms with E-state index in [0.717, 1.165) is 71.1 Å². The highest BCUT2D eigenvalue weighted by Crippen LogP contribution is 2.34. The van der Waals surface area contributed by atoms with Crippen LogP contribution in [0.1, 0.15) is 38.5 Å². The van der Waals surface area contributed by atoms with Crippen molar-refractivity contribution in [2.75, 3.05) is 53.5 Å². The summed E-state index contributed by atoms with van der Waals surface area (Å²) in [6.07, 6.45) is 6.84. The van der Waals surface area contributed by atoms with E-state index < -0.39 is 0 Å². The van der Waals surface area contributed by atoms with E-state index in [1.807, 2.05) is 36.4 Å². The summed E-state index contributed by atoms with van der Waals surface area (Å²) in [6, 6.07) is 12.7. The lowest BCUT2D eigenvalue weighted by Crippen LogP contribution is -2.51. The summed E-state index contributed by atoms with van der Waals surface area (Å²) in [5.41, 5.74) is 0.223. The lowest BCUT2D eigenvalue weighted by Gasteiger charge is -2.43. The topological polar surface area (TPSA) is 44.8 Å². The predicted molar refractivity (Wildman–Crippen MR) is 118 cm³/mol. The van der Waals surface area contributed by atoms with Gasteiger partial charge >= 0.3 is 0 Å². The largest absolute Gasteiger partial charge is 0.384 e. The first-order chi connectivity index (χ1) is 14.1. The number of rotatable bonds is 6. The third kappa shape index (κ3) is 7.09. The van der Waals surface area contributed by atoms with Gasteiger partial charge in [0, 0.05) is 44.1 Å². The molecule has 0 atom stereocenters. The Bertz CT molecular complexity index is 563. The molecule has 2 saturated heterocycles. The minimum absolute atomic E-state index is 0.223. The molecule has 0 bridgehead atoms. The molecule has 1 aliphatic carbocycles. The van der Waals surface area contributed by atoms with Crippen molar-refractivity contribution in [3.8, 4) is 0 Å². The van der Waals surface area contributed by atoms with Gasteiger partial charge in [0.15, 0.2) is 0 Å². The molecule has 1 saturated carbocycles. The summed E-state index contributed by atoms with van der Waals surface area (Å²) in [5, 5.41) is 3.68. The second-order valence-electron chi connectivity index (χ2n) is 9.15. The number of nitrogens with zero attached hydrogens (tertiary/aromatic N) is 2. The Hall–Kier alpha value is -1.43. The monoisotopic (exact) mass is 401 g/mol. The van der Waals surface area contributed by atoms with Gasteiger partial charge in [-0.25, -0.2) is 0 Å². The highest BCUT2D eigenvalue weighted by molar-refractivity contribution is 5.79. The van der Waals surface area contributed by atoms with Gasteiger partial charge in [-0.1, -0.05) is 36.4 Å². The molecule has 29 heavy (non-hydrogen) atoms. The summed E-state index contributed by atoms with van der Waals surface area (Å²) >= 11 is 0. The molecule has 1 N–H and O–H groups in total. The number of hydrogen-bond donors (Lipinski definition) is 1. The van der Waals surface area contributed by atoms with E-state index in [2.05, 4.69) is 22.2 Å². The van der Waals surface area contributed by atoms with Crippen molar-refractivity contribution in [2.24, 2.45) is 11.3 Å². The van der Waals surface area contributed by atoms with Gasteiger partial charge in [-0.15, -0.1) is 0 Å². The van der Waals surface area contributed by atoms with Crippen LogP contribution in [0.2, 0.25) is 0 Å². The number of piperidine rings is 2. The molecule has 1 aromatic rings. The van der Waals surface area contributed by atoms with Crippen LogP contribution >= 0.6 is 0 Å². The van der Waals surface area contributed by atoms with Crippen LogP contribution in [0.25, 0.3) is 0 Å². The molecule has 0 spiro atoms. The van der Waals surface area contributed by atoms with Crippen LogP contribution in [0.3, 0.4) is 0 Å². The molecule has 1 aromatic carbocycles. The molecule has 0 unspecified atom stereocenters. The van der Waals surface area contributed by atoms with Crippen LogP contribution in [-0.2, 0) is 9.53 Å². The first-order valence-electron chi connectivity index (χ1n) is 11.3. The molecule has 3 fully saturated rings. The molecule has 0 aromatic heterocycles. The zero-order valence-electron chi connectivity index (χ0n) is 18.3. The standard InChI is InChI=1S/C18H33N3O2.C6H6/c1-20-9-5-15(6-10-20)17(22)21-11-7-18(8-12-21,14-23-2)13-19-16-3-4-16;1-2-4-6-5-3-1/h15-16,19H,3-14H2,1-2H3;1-6H. The zero-order valence-corrected chi connectivity index (χ0v) is 18.3. The van der Waals surface area contributed by atoms with Gasteiger partial charge < -0.3 is 19.9 Å². The third-order valence-corrected chi connectivity index (χ3v) is 6.66. The highest BCUT2D eigenvalue weighted by atomic mass is 16.5. The van der Waals surface area contributed by atoms with E-state index >= 15 is 0 Å². The summed E-state index contributed by atoms with van der Waals surface area (Å²) < 4.78 is 5.51. The van der Waals surface area contributed by atoms with Gasteiger partial charge in [-0.3, -0.25) is 4.79 Å². The van der Waals surface area contributed by atoms with Gasteiger partial charge in [0.25, 0.3) is 0 Å². The SMILES string of the molecule is COCC1(CNC2CC2)CCN(C(=O)C2CCN(C)CC2)CC1.c1ccccc1. The second-order valence-corrected chi connectivity index (χ2v) is 9.15. The maximum Gasteiger partial charge on any atom is 0.225 e. The number of ether oxygens (including phenoxy) is 1. The Morgan fingerprint density at radius 3 is 2.00 bits per heavy atom. The van der Waals surface area contributed by atoms with Gasteiger partial charge in [-0.05, 0) is 58.7 Å². The second kappa shape index (κ2) is 11.1. The van der Waals surface area contributed by atoms with Crippen LogP contribution in [0.4, 0.5) is 0 Å². The number of likely N-dealkylation sites (tertiary alicyclic amines) is 2. The van der Waals surface area contributed by atoms with Crippen molar-refractivity contribution >= 4 is 5.91 Å². The Morgan fingerprint density at radius 1 is 0.966 bits per heavy atom. The number of benzene rings is 1. The Labute approximate surface area is 176 Å². The van der Waals surface area contributed by atoms with Crippen LogP contribution < -0.4 is 5.32 Å². The summed E-state index contributed by atoms with van der Waals surface area (Å²) in [5.74, 6) is 0.657. The fourth-order valence-electron chi connectivity index (χ4n) is 4.43. The van der Waals surface area contributed by atoms with E-state index in [1.165, 1.54) is 12.8 Å². The quantitative estimate of drug-likeness (QED) is 0.796. The smallest absolute Gasteiger partial charge is 0.225 e.